The SMILES string of the molecule is CCOC(=O)C(F)(F)C(C)(O)CC(OC)OC. The summed E-state index contributed by atoms with van der Waals surface area (Å²) in [5.41, 5.74) is -2.62. The highest BCUT2D eigenvalue weighted by Gasteiger charge is 2.57. The summed E-state index contributed by atoms with van der Waals surface area (Å²) in [5.74, 6) is -5.80. The lowest BCUT2D eigenvalue weighted by Gasteiger charge is -2.32. The first-order valence-corrected chi connectivity index (χ1v) is 5.06. The van der Waals surface area contributed by atoms with Gasteiger partial charge in [0.05, 0.1) is 6.61 Å². The lowest BCUT2D eigenvalue weighted by atomic mass is 9.93. The zero-order valence-corrected chi connectivity index (χ0v) is 10.3. The Bertz CT molecular complexity index is 251. The molecule has 0 rings (SSSR count). The fraction of sp³-hybridized carbons (Fsp3) is 0.900. The number of esters is 1. The normalized spacial score (nSPS) is 15.8. The van der Waals surface area contributed by atoms with Gasteiger partial charge in [-0.3, -0.25) is 0 Å². The van der Waals surface area contributed by atoms with E-state index in [9.17, 15) is 18.7 Å². The van der Waals surface area contributed by atoms with Crippen molar-refractivity contribution in [3.05, 3.63) is 0 Å². The molecule has 102 valence electrons. The highest BCUT2D eigenvalue weighted by Crippen LogP contribution is 2.34. The minimum atomic E-state index is -4.03. The summed E-state index contributed by atoms with van der Waals surface area (Å²) in [6, 6.07) is 0. The second-order valence-corrected chi connectivity index (χ2v) is 3.67. The van der Waals surface area contributed by atoms with Gasteiger partial charge in [-0.25, -0.2) is 4.79 Å². The van der Waals surface area contributed by atoms with E-state index in [-0.39, 0.29) is 6.61 Å². The molecule has 7 heteroatoms. The largest absolute Gasteiger partial charge is 0.461 e. The van der Waals surface area contributed by atoms with Crippen LogP contribution in [0.25, 0.3) is 0 Å². The number of aliphatic hydroxyl groups is 1. The Morgan fingerprint density at radius 2 is 1.82 bits per heavy atom. The van der Waals surface area contributed by atoms with Gasteiger partial charge in [0.2, 0.25) is 0 Å². The summed E-state index contributed by atoms with van der Waals surface area (Å²) in [4.78, 5) is 11.1. The molecule has 1 N–H and O–H groups in total. The molecule has 0 amide bonds. The second-order valence-electron chi connectivity index (χ2n) is 3.67. The van der Waals surface area contributed by atoms with Crippen molar-refractivity contribution in [3.8, 4) is 0 Å². The van der Waals surface area contributed by atoms with E-state index >= 15 is 0 Å². The maximum absolute atomic E-state index is 13.6. The number of halogens is 2. The molecule has 1 unspecified atom stereocenters. The summed E-state index contributed by atoms with van der Waals surface area (Å²) in [7, 11) is 2.49. The molecule has 0 spiro atoms. The number of methoxy groups -OCH3 is 2. The Morgan fingerprint density at radius 3 is 2.18 bits per heavy atom. The summed E-state index contributed by atoms with van der Waals surface area (Å²) in [6.07, 6.45) is -1.60. The van der Waals surface area contributed by atoms with Gasteiger partial charge in [0.25, 0.3) is 0 Å². The third-order valence-corrected chi connectivity index (χ3v) is 2.30. The summed E-state index contributed by atoms with van der Waals surface area (Å²) in [6.45, 7) is 2.03. The van der Waals surface area contributed by atoms with Crippen molar-refractivity contribution in [1.82, 2.24) is 0 Å². The summed E-state index contributed by atoms with van der Waals surface area (Å²) >= 11 is 0. The van der Waals surface area contributed by atoms with E-state index in [4.69, 9.17) is 9.47 Å². The quantitative estimate of drug-likeness (QED) is 0.542. The first-order chi connectivity index (χ1) is 7.72. The highest BCUT2D eigenvalue weighted by molar-refractivity contribution is 5.79. The monoisotopic (exact) mass is 256 g/mol. The highest BCUT2D eigenvalue weighted by atomic mass is 19.3. The number of carbonyl (C=O) groups is 1. The van der Waals surface area contributed by atoms with E-state index in [1.807, 2.05) is 0 Å². The average Bonchev–Trinajstić information content (AvgIpc) is 2.25. The van der Waals surface area contributed by atoms with Crippen LogP contribution in [0.3, 0.4) is 0 Å². The van der Waals surface area contributed by atoms with Gasteiger partial charge in [0, 0.05) is 20.6 Å². The van der Waals surface area contributed by atoms with Crippen molar-refractivity contribution in [1.29, 1.82) is 0 Å². The van der Waals surface area contributed by atoms with Crippen molar-refractivity contribution < 1.29 is 32.9 Å². The van der Waals surface area contributed by atoms with Gasteiger partial charge in [-0.1, -0.05) is 0 Å². The second kappa shape index (κ2) is 6.23. The molecule has 0 aromatic carbocycles. The Balaban J connectivity index is 4.82. The van der Waals surface area contributed by atoms with Crippen LogP contribution in [0.1, 0.15) is 20.3 Å². The number of alkyl halides is 2. The molecule has 0 heterocycles. The zero-order chi connectivity index (χ0) is 13.7. The standard InChI is InChI=1S/C10H18F2O5/c1-5-17-8(13)10(11,12)9(2,14)6-7(15-3)16-4/h7,14H,5-6H2,1-4H3. The van der Waals surface area contributed by atoms with Crippen LogP contribution in [0, 0.1) is 0 Å². The number of hydrogen-bond acceptors (Lipinski definition) is 5. The molecular weight excluding hydrogens is 238 g/mol. The van der Waals surface area contributed by atoms with E-state index in [2.05, 4.69) is 4.74 Å². The van der Waals surface area contributed by atoms with Crippen molar-refractivity contribution in [3.63, 3.8) is 0 Å². The smallest absolute Gasteiger partial charge is 0.380 e. The van der Waals surface area contributed by atoms with E-state index in [0.29, 0.717) is 0 Å². The molecule has 0 aromatic rings. The first kappa shape index (κ1) is 16.2. The van der Waals surface area contributed by atoms with E-state index in [1.54, 1.807) is 0 Å². The van der Waals surface area contributed by atoms with E-state index in [1.165, 1.54) is 21.1 Å². The lowest BCUT2D eigenvalue weighted by molar-refractivity contribution is -0.229. The van der Waals surface area contributed by atoms with Crippen LogP contribution in [-0.4, -0.2) is 49.7 Å². The van der Waals surface area contributed by atoms with Gasteiger partial charge in [0.15, 0.2) is 6.29 Å². The van der Waals surface area contributed by atoms with Crippen LogP contribution in [0.4, 0.5) is 8.78 Å². The minimum absolute atomic E-state index is 0.192. The minimum Gasteiger partial charge on any atom is -0.461 e. The van der Waals surface area contributed by atoms with Gasteiger partial charge in [0.1, 0.15) is 5.60 Å². The summed E-state index contributed by atoms with van der Waals surface area (Å²) < 4.78 is 40.8. The fourth-order valence-corrected chi connectivity index (χ4v) is 1.16. The maximum atomic E-state index is 13.6. The van der Waals surface area contributed by atoms with Crippen molar-refractivity contribution in [2.75, 3.05) is 20.8 Å². The predicted molar refractivity (Wildman–Crippen MR) is 54.6 cm³/mol. The van der Waals surface area contributed by atoms with Crippen LogP contribution in [0.2, 0.25) is 0 Å². The third-order valence-electron chi connectivity index (χ3n) is 2.30. The predicted octanol–water partition coefficient (Wildman–Crippen LogP) is 0.945. The van der Waals surface area contributed by atoms with Crippen LogP contribution in [0.15, 0.2) is 0 Å². The molecule has 0 radical (unpaired) electrons. The Kier molecular flexibility index (Phi) is 5.94. The van der Waals surface area contributed by atoms with Crippen LogP contribution in [-0.2, 0) is 19.0 Å². The van der Waals surface area contributed by atoms with Gasteiger partial charge in [-0.15, -0.1) is 0 Å². The molecule has 1 atom stereocenters. The maximum Gasteiger partial charge on any atom is 0.380 e. The molecule has 0 saturated carbocycles. The van der Waals surface area contributed by atoms with Crippen molar-refractivity contribution in [2.24, 2.45) is 0 Å². The topological polar surface area (TPSA) is 65.0 Å². The number of carbonyl (C=O) groups excluding carboxylic acids is 1. The molecule has 0 fully saturated rings. The molecule has 5 nitrogen and oxygen atoms in total. The van der Waals surface area contributed by atoms with Crippen LogP contribution < -0.4 is 0 Å². The molecule has 0 aliphatic rings. The van der Waals surface area contributed by atoms with Gasteiger partial charge >= 0.3 is 11.9 Å². The molecule has 0 aliphatic carbocycles. The number of hydrogen-bond donors (Lipinski definition) is 1. The average molecular weight is 256 g/mol. The Labute approximate surface area is 98.7 Å². The number of ether oxygens (including phenoxy) is 3. The Morgan fingerprint density at radius 1 is 1.35 bits per heavy atom. The molecule has 17 heavy (non-hydrogen) atoms. The van der Waals surface area contributed by atoms with Crippen molar-refractivity contribution >= 4 is 5.97 Å². The van der Waals surface area contributed by atoms with E-state index in [0.717, 1.165) is 6.92 Å². The van der Waals surface area contributed by atoms with Gasteiger partial charge in [-0.2, -0.15) is 8.78 Å². The third kappa shape index (κ3) is 3.86. The molecule has 0 bridgehead atoms. The summed E-state index contributed by atoms with van der Waals surface area (Å²) in [5, 5.41) is 9.66. The molecular formula is C10H18F2O5. The fourth-order valence-electron chi connectivity index (χ4n) is 1.16. The molecule has 0 aliphatic heterocycles. The first-order valence-electron chi connectivity index (χ1n) is 5.06. The lowest BCUT2D eigenvalue weighted by Crippen LogP contribution is -2.53. The molecule has 0 saturated heterocycles. The number of rotatable bonds is 7. The van der Waals surface area contributed by atoms with Gasteiger partial charge < -0.3 is 19.3 Å². The van der Waals surface area contributed by atoms with Crippen molar-refractivity contribution in [2.45, 2.75) is 38.1 Å². The van der Waals surface area contributed by atoms with E-state index < -0.39 is 30.2 Å². The molecule has 0 aromatic heterocycles. The zero-order valence-electron chi connectivity index (χ0n) is 10.3. The van der Waals surface area contributed by atoms with Crippen LogP contribution in [0.5, 0.6) is 0 Å². The Hall–Kier alpha value is -0.790. The van der Waals surface area contributed by atoms with Gasteiger partial charge in [-0.05, 0) is 13.8 Å². The van der Waals surface area contributed by atoms with Crippen LogP contribution >= 0.6 is 0 Å².